The molecule has 1 aromatic rings. The van der Waals surface area contributed by atoms with Gasteiger partial charge in [-0.2, -0.15) is 0 Å². The first-order chi connectivity index (χ1) is 11.4. The Balaban J connectivity index is 0.00000225. The fourth-order valence-corrected chi connectivity index (χ4v) is 3.89. The van der Waals surface area contributed by atoms with Gasteiger partial charge in [-0.15, -0.1) is 0 Å². The number of piperazine rings is 2. The Hall–Kier alpha value is -1.44. The Morgan fingerprint density at radius 1 is 0.880 bits per heavy atom. The molecule has 1 aromatic carbocycles. The first-order valence-corrected chi connectivity index (χ1v) is 9.23. The zero-order valence-electron chi connectivity index (χ0n) is 15.9. The molecule has 0 atom stereocenters. The number of nitrogens with zero attached hydrogens (tertiary/aromatic N) is 4. The van der Waals surface area contributed by atoms with Gasteiger partial charge in [0.2, 0.25) is 5.75 Å². The summed E-state index contributed by atoms with van der Waals surface area (Å²) in [5, 5.41) is 11.0. The van der Waals surface area contributed by atoms with Crippen molar-refractivity contribution < 1.29 is 10.6 Å². The van der Waals surface area contributed by atoms with E-state index in [1.54, 1.807) is 0 Å². The SMILES string of the molecule is CC(C)N1CCN(c2c(O)c(=[N+]3CCN(C(C)C)CC3)c2=O)CC1.[OH-]. The summed E-state index contributed by atoms with van der Waals surface area (Å²) in [6.07, 6.45) is 0. The predicted octanol–water partition coefficient (Wildman–Crippen LogP) is -0.522. The lowest BCUT2D eigenvalue weighted by Gasteiger charge is -2.38. The van der Waals surface area contributed by atoms with Gasteiger partial charge in [0.25, 0.3) is 10.8 Å². The van der Waals surface area contributed by atoms with Crippen molar-refractivity contribution in [2.75, 3.05) is 57.3 Å². The Morgan fingerprint density at radius 2 is 1.36 bits per heavy atom. The number of aromatic hydroxyl groups is 1. The second-order valence-electron chi connectivity index (χ2n) is 7.61. The summed E-state index contributed by atoms with van der Waals surface area (Å²) in [4.78, 5) is 19.5. The average molecular weight is 352 g/mol. The van der Waals surface area contributed by atoms with Gasteiger partial charge in [0.1, 0.15) is 5.69 Å². The molecule has 0 aliphatic carbocycles. The molecule has 0 bridgehead atoms. The van der Waals surface area contributed by atoms with E-state index in [0.717, 1.165) is 52.4 Å². The molecular weight excluding hydrogens is 320 g/mol. The summed E-state index contributed by atoms with van der Waals surface area (Å²) in [6.45, 7) is 15.9. The van der Waals surface area contributed by atoms with Gasteiger partial charge in [-0.1, -0.05) is 0 Å². The van der Waals surface area contributed by atoms with E-state index in [2.05, 4.69) is 47.0 Å². The molecule has 0 radical (unpaired) electrons. The van der Waals surface area contributed by atoms with Gasteiger partial charge in [-0.05, 0) is 27.7 Å². The number of rotatable bonds is 3. The fourth-order valence-electron chi connectivity index (χ4n) is 3.89. The molecule has 7 heteroatoms. The van der Waals surface area contributed by atoms with E-state index in [-0.39, 0.29) is 16.7 Å². The van der Waals surface area contributed by atoms with E-state index in [1.807, 2.05) is 0 Å². The van der Waals surface area contributed by atoms with Crippen molar-refractivity contribution in [3.8, 4) is 5.75 Å². The molecule has 0 aromatic heterocycles. The lowest BCUT2D eigenvalue weighted by Crippen LogP contribution is -2.57. The van der Waals surface area contributed by atoms with Crippen molar-refractivity contribution in [2.45, 2.75) is 39.8 Å². The summed E-state index contributed by atoms with van der Waals surface area (Å²) in [7, 11) is 0. The molecule has 25 heavy (non-hydrogen) atoms. The van der Waals surface area contributed by atoms with Gasteiger partial charge >= 0.3 is 0 Å². The van der Waals surface area contributed by atoms with Gasteiger partial charge in [-0.25, -0.2) is 4.58 Å². The highest BCUT2D eigenvalue weighted by Crippen LogP contribution is 2.22. The summed E-state index contributed by atoms with van der Waals surface area (Å²) in [5.41, 5.74) is 0.572. The topological polar surface area (TPSA) is 80.0 Å². The third kappa shape index (κ3) is 3.73. The van der Waals surface area contributed by atoms with E-state index in [0.29, 0.717) is 23.1 Å². The Bertz CT molecular complexity index is 658. The highest BCUT2D eigenvalue weighted by molar-refractivity contribution is 5.63. The zero-order valence-corrected chi connectivity index (χ0v) is 15.9. The van der Waals surface area contributed by atoms with Crippen molar-refractivity contribution in [1.82, 2.24) is 14.4 Å². The number of anilines is 1. The molecule has 2 aliphatic rings. The maximum absolute atomic E-state index is 12.6. The average Bonchev–Trinajstić information content (AvgIpc) is 2.56. The molecule has 0 saturated carbocycles. The van der Waals surface area contributed by atoms with Gasteiger partial charge < -0.3 is 15.5 Å². The standard InChI is InChI=1S/C18H30N4O2.H2O/c1-13(2)19-5-9-21(10-6-19)15-17(23)16(18(15)24)22-11-7-20(8-12-22)14(3)4;/h13-14H,5-12H2,1-4H3;1H2. The minimum absolute atomic E-state index is 0. The molecule has 0 amide bonds. The highest BCUT2D eigenvalue weighted by Gasteiger charge is 2.33. The summed E-state index contributed by atoms with van der Waals surface area (Å²) in [6, 6.07) is 1.07. The lowest BCUT2D eigenvalue weighted by molar-refractivity contribution is 0.180. The molecule has 2 aliphatic heterocycles. The Kier molecular flexibility index (Phi) is 6.24. The summed E-state index contributed by atoms with van der Waals surface area (Å²) >= 11 is 0. The Morgan fingerprint density at radius 3 is 1.80 bits per heavy atom. The van der Waals surface area contributed by atoms with Crippen LogP contribution in [0.25, 0.3) is 0 Å². The van der Waals surface area contributed by atoms with Crippen LogP contribution in [0.4, 0.5) is 5.69 Å². The quantitative estimate of drug-likeness (QED) is 0.738. The molecule has 142 valence electrons. The van der Waals surface area contributed by atoms with Crippen LogP contribution in [0.1, 0.15) is 27.7 Å². The molecule has 3 rings (SSSR count). The van der Waals surface area contributed by atoms with Gasteiger partial charge in [0.15, 0.2) is 13.1 Å². The molecule has 7 nitrogen and oxygen atoms in total. The van der Waals surface area contributed by atoms with Gasteiger partial charge in [-0.3, -0.25) is 14.6 Å². The lowest BCUT2D eigenvalue weighted by atomic mass is 10.1. The van der Waals surface area contributed by atoms with Gasteiger partial charge in [0.05, 0.1) is 13.1 Å². The van der Waals surface area contributed by atoms with Crippen LogP contribution in [0, 0.1) is 0 Å². The Labute approximate surface area is 149 Å². The monoisotopic (exact) mass is 352 g/mol. The van der Waals surface area contributed by atoms with Crippen molar-refractivity contribution in [3.63, 3.8) is 0 Å². The van der Waals surface area contributed by atoms with Crippen molar-refractivity contribution >= 4 is 5.69 Å². The molecule has 2 saturated heterocycles. The van der Waals surface area contributed by atoms with Crippen LogP contribution in [0.3, 0.4) is 0 Å². The zero-order chi connectivity index (χ0) is 17.4. The maximum atomic E-state index is 12.6. The minimum atomic E-state index is 0. The van der Waals surface area contributed by atoms with E-state index in [4.69, 9.17) is 0 Å². The van der Waals surface area contributed by atoms with E-state index < -0.39 is 0 Å². The van der Waals surface area contributed by atoms with Gasteiger partial charge in [0, 0.05) is 38.3 Å². The molecule has 2 N–H and O–H groups in total. The van der Waals surface area contributed by atoms with Crippen LogP contribution in [-0.2, 0) is 0 Å². The second-order valence-corrected chi connectivity index (χ2v) is 7.61. The van der Waals surface area contributed by atoms with Crippen LogP contribution < -0.4 is 20.3 Å². The normalized spacial score (nSPS) is 20.6. The maximum Gasteiger partial charge on any atom is 0.294 e. The van der Waals surface area contributed by atoms with Crippen LogP contribution in [0.5, 0.6) is 5.75 Å². The smallest absolute Gasteiger partial charge is 0.294 e. The van der Waals surface area contributed by atoms with Crippen LogP contribution in [0.2, 0.25) is 0 Å². The van der Waals surface area contributed by atoms with Crippen LogP contribution >= 0.6 is 0 Å². The van der Waals surface area contributed by atoms with E-state index in [1.165, 1.54) is 0 Å². The van der Waals surface area contributed by atoms with Crippen molar-refractivity contribution in [1.29, 1.82) is 0 Å². The molecule has 2 fully saturated rings. The summed E-state index contributed by atoms with van der Waals surface area (Å²) < 4.78 is 2.06. The third-order valence-electron chi connectivity index (χ3n) is 5.60. The number of hydrogen-bond donors (Lipinski definition) is 1. The molecule has 0 unspecified atom stereocenters. The van der Waals surface area contributed by atoms with Crippen LogP contribution in [0.15, 0.2) is 4.79 Å². The van der Waals surface area contributed by atoms with Crippen molar-refractivity contribution in [2.24, 2.45) is 0 Å². The van der Waals surface area contributed by atoms with E-state index >= 15 is 0 Å². The van der Waals surface area contributed by atoms with E-state index in [9.17, 15) is 9.90 Å². The predicted molar refractivity (Wildman–Crippen MR) is 99.3 cm³/mol. The fraction of sp³-hybridized carbons (Fsp3) is 0.778. The minimum Gasteiger partial charge on any atom is -0.870 e. The molecule has 0 spiro atoms. The largest absolute Gasteiger partial charge is 0.870 e. The number of hydrogen-bond acceptors (Lipinski definition) is 6. The van der Waals surface area contributed by atoms with Crippen LogP contribution in [-0.4, -0.2) is 84.8 Å². The highest BCUT2D eigenvalue weighted by atomic mass is 16.3. The van der Waals surface area contributed by atoms with Crippen molar-refractivity contribution in [3.05, 3.63) is 15.6 Å². The summed E-state index contributed by atoms with van der Waals surface area (Å²) in [5.74, 6) is 0.219. The third-order valence-corrected chi connectivity index (χ3v) is 5.60. The first kappa shape index (κ1) is 19.9. The molecule has 2 heterocycles. The first-order valence-electron chi connectivity index (χ1n) is 9.23. The molecular formula is C18H32N4O3. The second kappa shape index (κ2) is 7.85.